The fourth-order valence-corrected chi connectivity index (χ4v) is 6.76. The van der Waals surface area contributed by atoms with E-state index in [1.54, 1.807) is 5.57 Å². The first kappa shape index (κ1) is 15.6. The Kier molecular flexibility index (Phi) is 3.61. The van der Waals surface area contributed by atoms with Crippen molar-refractivity contribution in [2.45, 2.75) is 71.8 Å². The van der Waals surface area contributed by atoms with Gasteiger partial charge in [0.05, 0.1) is 6.10 Å². The molecule has 4 rings (SSSR count). The Labute approximate surface area is 140 Å². The van der Waals surface area contributed by atoms with Gasteiger partial charge in [-0.1, -0.05) is 30.6 Å². The summed E-state index contributed by atoms with van der Waals surface area (Å²) < 4.78 is 0. The average Bonchev–Trinajstić information content (AvgIpc) is 2.78. The van der Waals surface area contributed by atoms with Crippen LogP contribution in [-0.2, 0) is 4.79 Å². The van der Waals surface area contributed by atoms with Crippen LogP contribution in [0.3, 0.4) is 0 Å². The fraction of sp³-hybridized carbons (Fsp3) is 0.762. The van der Waals surface area contributed by atoms with Gasteiger partial charge < -0.3 is 5.11 Å². The Morgan fingerprint density at radius 1 is 1.30 bits per heavy atom. The van der Waals surface area contributed by atoms with Crippen molar-refractivity contribution in [2.75, 3.05) is 0 Å². The van der Waals surface area contributed by atoms with Crippen LogP contribution in [0, 0.1) is 29.1 Å². The number of rotatable bonds is 1. The molecule has 0 aliphatic heterocycles. The Morgan fingerprint density at radius 3 is 2.83 bits per heavy atom. The molecule has 126 valence electrons. The van der Waals surface area contributed by atoms with Crippen LogP contribution in [0.15, 0.2) is 22.8 Å². The summed E-state index contributed by atoms with van der Waals surface area (Å²) in [4.78, 5) is 11.8. The molecule has 0 amide bonds. The van der Waals surface area contributed by atoms with Crippen LogP contribution in [0.2, 0.25) is 0 Å². The van der Waals surface area contributed by atoms with Crippen LogP contribution >= 0.6 is 0 Å². The van der Waals surface area contributed by atoms with Gasteiger partial charge in [0, 0.05) is 11.8 Å². The van der Waals surface area contributed by atoms with Crippen molar-refractivity contribution in [3.63, 3.8) is 0 Å². The zero-order chi connectivity index (χ0) is 16.4. The number of allylic oxidation sites excluding steroid dienone is 2. The van der Waals surface area contributed by atoms with E-state index in [1.807, 2.05) is 6.08 Å². The number of aliphatic hydroxyl groups excluding tert-OH is 1. The monoisotopic (exact) mass is 314 g/mol. The molecule has 23 heavy (non-hydrogen) atoms. The van der Waals surface area contributed by atoms with E-state index >= 15 is 0 Å². The van der Waals surface area contributed by atoms with E-state index in [0.29, 0.717) is 29.5 Å². The Hall–Kier alpha value is -0.890. The number of aliphatic hydroxyl groups is 1. The van der Waals surface area contributed by atoms with Gasteiger partial charge in [0.1, 0.15) is 0 Å². The van der Waals surface area contributed by atoms with Crippen molar-refractivity contribution in [1.82, 2.24) is 0 Å². The van der Waals surface area contributed by atoms with Crippen molar-refractivity contribution >= 4 is 5.78 Å². The van der Waals surface area contributed by atoms with Crippen LogP contribution < -0.4 is 0 Å². The van der Waals surface area contributed by atoms with Crippen molar-refractivity contribution < 1.29 is 9.90 Å². The minimum atomic E-state index is -0.166. The molecule has 2 saturated carbocycles. The highest BCUT2D eigenvalue weighted by Gasteiger charge is 2.56. The minimum Gasteiger partial charge on any atom is -0.392 e. The molecule has 0 spiro atoms. The standard InChI is InChI=1S/C21H30O2/c1-4-21-8-7-17-16-6-5-15(22)11-14(16)9-12(2)19(17)20(21)13(3)10-18(21)23/h11-12,16-19,23H,4-10H2,1-3H3/t12?,16-,17+,18?,19+,21+/m0/s1. The molecule has 0 radical (unpaired) electrons. The predicted molar refractivity (Wildman–Crippen MR) is 91.9 cm³/mol. The SMILES string of the molecule is CC[C@]12CC[C@H]3[C@H](C1=C(C)CC2O)C(C)CC1=CC(=O)CC[C@@H]13. The smallest absolute Gasteiger partial charge is 0.155 e. The van der Waals surface area contributed by atoms with E-state index in [-0.39, 0.29) is 11.5 Å². The van der Waals surface area contributed by atoms with Crippen LogP contribution in [0.5, 0.6) is 0 Å². The molecule has 0 aromatic heterocycles. The largest absolute Gasteiger partial charge is 0.392 e. The maximum atomic E-state index is 11.8. The fourth-order valence-electron chi connectivity index (χ4n) is 6.76. The molecule has 0 aromatic rings. The van der Waals surface area contributed by atoms with E-state index in [2.05, 4.69) is 20.8 Å². The molecular formula is C21H30O2. The second-order valence-corrected chi connectivity index (χ2v) is 8.66. The highest BCUT2D eigenvalue weighted by atomic mass is 16.3. The first-order valence-corrected chi connectivity index (χ1v) is 9.59. The molecule has 2 fully saturated rings. The average molecular weight is 314 g/mol. The number of carbonyl (C=O) groups excluding carboxylic acids is 1. The summed E-state index contributed by atoms with van der Waals surface area (Å²) >= 11 is 0. The quantitative estimate of drug-likeness (QED) is 0.727. The van der Waals surface area contributed by atoms with Gasteiger partial charge in [-0.05, 0) is 75.2 Å². The summed E-state index contributed by atoms with van der Waals surface area (Å²) in [6.07, 6.45) is 9.03. The second-order valence-electron chi connectivity index (χ2n) is 8.66. The first-order valence-electron chi connectivity index (χ1n) is 9.59. The lowest BCUT2D eigenvalue weighted by molar-refractivity contribution is -0.115. The van der Waals surface area contributed by atoms with Gasteiger partial charge in [-0.25, -0.2) is 0 Å². The lowest BCUT2D eigenvalue weighted by Gasteiger charge is -2.54. The van der Waals surface area contributed by atoms with Gasteiger partial charge in [-0.15, -0.1) is 0 Å². The Bertz CT molecular complexity index is 599. The zero-order valence-corrected chi connectivity index (χ0v) is 14.8. The van der Waals surface area contributed by atoms with Crippen LogP contribution in [0.1, 0.15) is 65.7 Å². The van der Waals surface area contributed by atoms with E-state index in [0.717, 1.165) is 38.5 Å². The van der Waals surface area contributed by atoms with Gasteiger partial charge in [0.15, 0.2) is 5.78 Å². The predicted octanol–water partition coefficient (Wildman–Crippen LogP) is 4.44. The molecule has 0 aromatic carbocycles. The molecule has 4 aliphatic carbocycles. The summed E-state index contributed by atoms with van der Waals surface area (Å²) in [5, 5.41) is 10.8. The second kappa shape index (κ2) is 5.31. The number of hydrogen-bond acceptors (Lipinski definition) is 2. The van der Waals surface area contributed by atoms with Gasteiger partial charge in [-0.2, -0.15) is 0 Å². The topological polar surface area (TPSA) is 37.3 Å². The molecule has 2 heteroatoms. The summed E-state index contributed by atoms with van der Waals surface area (Å²) in [5.41, 5.74) is 4.61. The third-order valence-electron chi connectivity index (χ3n) is 7.69. The van der Waals surface area contributed by atoms with E-state index in [4.69, 9.17) is 0 Å². The molecular weight excluding hydrogens is 284 g/mol. The zero-order valence-electron chi connectivity index (χ0n) is 14.8. The lowest BCUT2D eigenvalue weighted by Crippen LogP contribution is -2.48. The first-order chi connectivity index (χ1) is 11.0. The molecule has 6 atom stereocenters. The number of fused-ring (bicyclic) bond motifs is 5. The molecule has 2 nitrogen and oxygen atoms in total. The highest BCUT2D eigenvalue weighted by molar-refractivity contribution is 5.91. The normalized spacial score (nSPS) is 46.2. The molecule has 0 heterocycles. The summed E-state index contributed by atoms with van der Waals surface area (Å²) in [5.74, 6) is 2.91. The third-order valence-corrected chi connectivity index (χ3v) is 7.69. The van der Waals surface area contributed by atoms with Crippen molar-refractivity contribution in [1.29, 1.82) is 0 Å². The molecule has 0 bridgehead atoms. The Morgan fingerprint density at radius 2 is 2.09 bits per heavy atom. The molecule has 1 N–H and O–H groups in total. The van der Waals surface area contributed by atoms with Gasteiger partial charge in [-0.3, -0.25) is 4.79 Å². The number of ketones is 1. The lowest BCUT2D eigenvalue weighted by atomic mass is 9.50. The summed E-state index contributed by atoms with van der Waals surface area (Å²) in [6.45, 7) is 6.91. The summed E-state index contributed by atoms with van der Waals surface area (Å²) in [7, 11) is 0. The van der Waals surface area contributed by atoms with Crippen molar-refractivity contribution in [3.05, 3.63) is 22.8 Å². The van der Waals surface area contributed by atoms with E-state index in [1.165, 1.54) is 17.6 Å². The number of hydrogen-bond donors (Lipinski definition) is 1. The third kappa shape index (κ3) is 2.06. The van der Waals surface area contributed by atoms with Crippen molar-refractivity contribution in [2.24, 2.45) is 29.1 Å². The van der Waals surface area contributed by atoms with Crippen molar-refractivity contribution in [3.8, 4) is 0 Å². The summed E-state index contributed by atoms with van der Waals surface area (Å²) in [6, 6.07) is 0. The molecule has 0 saturated heterocycles. The maximum absolute atomic E-state index is 11.8. The minimum absolute atomic E-state index is 0.0607. The van der Waals surface area contributed by atoms with E-state index in [9.17, 15) is 9.90 Å². The Balaban J connectivity index is 1.76. The van der Waals surface area contributed by atoms with Crippen LogP contribution in [0.4, 0.5) is 0 Å². The molecule has 2 unspecified atom stereocenters. The van der Waals surface area contributed by atoms with E-state index < -0.39 is 0 Å². The van der Waals surface area contributed by atoms with Gasteiger partial charge >= 0.3 is 0 Å². The van der Waals surface area contributed by atoms with Gasteiger partial charge in [0.25, 0.3) is 0 Å². The number of carbonyl (C=O) groups is 1. The molecule has 4 aliphatic rings. The van der Waals surface area contributed by atoms with Gasteiger partial charge in [0.2, 0.25) is 0 Å². The highest BCUT2D eigenvalue weighted by Crippen LogP contribution is 2.63. The van der Waals surface area contributed by atoms with Crippen LogP contribution in [-0.4, -0.2) is 17.0 Å². The maximum Gasteiger partial charge on any atom is 0.155 e. The van der Waals surface area contributed by atoms with Crippen LogP contribution in [0.25, 0.3) is 0 Å².